The SMILES string of the molecule is Cc1[nH]nc2c(NC3CCC(N4CCOCC4)CC3)nc(Nc3cnn(CCOCCOCCNC(=O)O)c3)nc12. The van der Waals surface area contributed by atoms with Gasteiger partial charge in [0.25, 0.3) is 0 Å². The van der Waals surface area contributed by atoms with Gasteiger partial charge in [-0.15, -0.1) is 0 Å². The average Bonchev–Trinajstić information content (AvgIpc) is 3.59. The number of rotatable bonds is 14. The van der Waals surface area contributed by atoms with Crippen LogP contribution in [0.4, 0.5) is 22.2 Å². The molecule has 0 bridgehead atoms. The summed E-state index contributed by atoms with van der Waals surface area (Å²) in [7, 11) is 0. The predicted molar refractivity (Wildman–Crippen MR) is 152 cm³/mol. The lowest BCUT2D eigenvalue weighted by atomic mass is 9.90. The third kappa shape index (κ3) is 8.25. The number of H-pyrrole nitrogens is 1. The summed E-state index contributed by atoms with van der Waals surface area (Å²) in [6.45, 7) is 8.12. The van der Waals surface area contributed by atoms with Crippen molar-refractivity contribution in [1.82, 2.24) is 40.2 Å². The van der Waals surface area contributed by atoms with Crippen LogP contribution in [0.3, 0.4) is 0 Å². The molecule has 1 aliphatic carbocycles. The van der Waals surface area contributed by atoms with Crippen LogP contribution in [-0.2, 0) is 20.8 Å². The quantitative estimate of drug-likeness (QED) is 0.178. The van der Waals surface area contributed by atoms with E-state index in [2.05, 4.69) is 36.1 Å². The molecule has 0 radical (unpaired) electrons. The number of anilines is 3. The smallest absolute Gasteiger partial charge is 0.404 e. The minimum absolute atomic E-state index is 0.253. The molecule has 2 fully saturated rings. The Morgan fingerprint density at radius 3 is 2.66 bits per heavy atom. The van der Waals surface area contributed by atoms with E-state index in [1.165, 1.54) is 0 Å². The normalized spacial score (nSPS) is 19.8. The van der Waals surface area contributed by atoms with Gasteiger partial charge >= 0.3 is 6.09 Å². The highest BCUT2D eigenvalue weighted by Gasteiger charge is 2.28. The highest BCUT2D eigenvalue weighted by Crippen LogP contribution is 2.29. The van der Waals surface area contributed by atoms with E-state index in [9.17, 15) is 4.79 Å². The molecule has 3 aromatic rings. The van der Waals surface area contributed by atoms with Gasteiger partial charge in [-0.25, -0.2) is 9.78 Å². The zero-order valence-electron chi connectivity index (χ0n) is 23.5. The predicted octanol–water partition coefficient (Wildman–Crippen LogP) is 1.96. The molecule has 0 spiro atoms. The Bertz CT molecular complexity index is 1250. The highest BCUT2D eigenvalue weighted by molar-refractivity contribution is 5.88. The van der Waals surface area contributed by atoms with Crippen molar-refractivity contribution in [3.63, 3.8) is 0 Å². The molecule has 2 aliphatic rings. The fourth-order valence-electron chi connectivity index (χ4n) is 5.28. The number of fused-ring (bicyclic) bond motifs is 1. The Balaban J connectivity index is 1.10. The zero-order valence-corrected chi connectivity index (χ0v) is 23.5. The average molecular weight is 573 g/mol. The highest BCUT2D eigenvalue weighted by atomic mass is 16.5. The minimum atomic E-state index is -1.06. The fourth-order valence-corrected chi connectivity index (χ4v) is 5.28. The molecule has 4 heterocycles. The van der Waals surface area contributed by atoms with Crippen LogP contribution in [0.2, 0.25) is 0 Å². The minimum Gasteiger partial charge on any atom is -0.465 e. The van der Waals surface area contributed by atoms with Gasteiger partial charge < -0.3 is 35.3 Å². The van der Waals surface area contributed by atoms with E-state index < -0.39 is 6.09 Å². The van der Waals surface area contributed by atoms with Crippen LogP contribution in [0.1, 0.15) is 31.4 Å². The third-order valence-corrected chi connectivity index (χ3v) is 7.42. The molecule has 5 rings (SSSR count). The molecule has 1 saturated carbocycles. The van der Waals surface area contributed by atoms with Gasteiger partial charge in [-0.1, -0.05) is 0 Å². The summed E-state index contributed by atoms with van der Waals surface area (Å²) in [5, 5.41) is 29.6. The van der Waals surface area contributed by atoms with Gasteiger partial charge in [0.15, 0.2) is 11.3 Å². The standard InChI is InChI=1S/C26H40N10O5/c1-18-22-23(34-33-18)24(29-19-2-4-21(5-3-19)35-7-11-40-12-8-35)32-25(31-22)30-20-16-28-36(17-20)9-13-41-15-14-39-10-6-27-26(37)38/h16-17,19,21,27H,2-15H2,1H3,(H,33,34)(H,37,38)(H2,29,30,31,32). The Morgan fingerprint density at radius 1 is 1.10 bits per heavy atom. The number of nitrogens with one attached hydrogen (secondary N) is 4. The van der Waals surface area contributed by atoms with Crippen molar-refractivity contribution >= 4 is 34.6 Å². The van der Waals surface area contributed by atoms with Crippen molar-refractivity contribution in [1.29, 1.82) is 0 Å². The first-order valence-electron chi connectivity index (χ1n) is 14.3. The monoisotopic (exact) mass is 572 g/mol. The molecule has 5 N–H and O–H groups in total. The van der Waals surface area contributed by atoms with Gasteiger partial charge in [0.05, 0.1) is 63.8 Å². The van der Waals surface area contributed by atoms with Crippen molar-refractivity contribution in [3.8, 4) is 0 Å². The first kappa shape index (κ1) is 29.0. The number of carbonyl (C=O) groups is 1. The van der Waals surface area contributed by atoms with Crippen molar-refractivity contribution < 1.29 is 24.1 Å². The van der Waals surface area contributed by atoms with Gasteiger partial charge in [0.2, 0.25) is 5.95 Å². The summed E-state index contributed by atoms with van der Waals surface area (Å²) in [5.74, 6) is 1.22. The zero-order chi connectivity index (χ0) is 28.4. The summed E-state index contributed by atoms with van der Waals surface area (Å²) in [4.78, 5) is 22.5. The second-order valence-electron chi connectivity index (χ2n) is 10.3. The summed E-state index contributed by atoms with van der Waals surface area (Å²) in [6, 6.07) is 0.972. The van der Waals surface area contributed by atoms with Crippen molar-refractivity contribution in [2.75, 3.05) is 69.9 Å². The summed E-state index contributed by atoms with van der Waals surface area (Å²) >= 11 is 0. The summed E-state index contributed by atoms with van der Waals surface area (Å²) in [5.41, 5.74) is 3.20. The van der Waals surface area contributed by atoms with E-state index in [4.69, 9.17) is 29.3 Å². The number of hydrogen-bond acceptors (Lipinski definition) is 11. The molecule has 0 aromatic carbocycles. The largest absolute Gasteiger partial charge is 0.465 e. The van der Waals surface area contributed by atoms with Gasteiger partial charge in [-0.2, -0.15) is 15.2 Å². The van der Waals surface area contributed by atoms with Crippen LogP contribution in [0.25, 0.3) is 11.0 Å². The topological polar surface area (TPSA) is 177 Å². The van der Waals surface area contributed by atoms with E-state index in [0.717, 1.165) is 80.2 Å². The van der Waals surface area contributed by atoms with E-state index in [1.54, 1.807) is 10.9 Å². The number of ether oxygens (including phenoxy) is 3. The number of aromatic nitrogens is 6. The Labute approximate surface area is 238 Å². The van der Waals surface area contributed by atoms with Gasteiger partial charge in [0, 0.05) is 37.9 Å². The van der Waals surface area contributed by atoms with Crippen LogP contribution in [0.5, 0.6) is 0 Å². The van der Waals surface area contributed by atoms with Gasteiger partial charge in [-0.05, 0) is 32.6 Å². The van der Waals surface area contributed by atoms with Gasteiger partial charge in [0.1, 0.15) is 5.52 Å². The molecule has 15 heteroatoms. The van der Waals surface area contributed by atoms with Crippen LogP contribution in [-0.4, -0.2) is 117 Å². The van der Waals surface area contributed by atoms with Crippen molar-refractivity contribution in [2.45, 2.75) is 51.2 Å². The van der Waals surface area contributed by atoms with E-state index >= 15 is 0 Å². The second-order valence-corrected chi connectivity index (χ2v) is 10.3. The van der Waals surface area contributed by atoms with Crippen molar-refractivity contribution in [2.24, 2.45) is 0 Å². The number of hydrogen-bond donors (Lipinski definition) is 5. The lowest BCUT2D eigenvalue weighted by molar-refractivity contribution is 0.00791. The lowest BCUT2D eigenvalue weighted by Crippen LogP contribution is -2.46. The molecule has 224 valence electrons. The lowest BCUT2D eigenvalue weighted by Gasteiger charge is -2.39. The Morgan fingerprint density at radius 2 is 1.88 bits per heavy atom. The molecule has 1 amide bonds. The molecule has 1 saturated heterocycles. The number of carboxylic acid groups (broad SMARTS) is 1. The molecule has 3 aromatic heterocycles. The number of aromatic amines is 1. The Kier molecular flexibility index (Phi) is 10.2. The molecule has 1 aliphatic heterocycles. The molecular formula is C26H40N10O5. The Hall–Kier alpha value is -3.53. The second kappa shape index (κ2) is 14.4. The number of nitrogens with zero attached hydrogens (tertiary/aromatic N) is 6. The molecule has 0 unspecified atom stereocenters. The van der Waals surface area contributed by atoms with E-state index in [-0.39, 0.29) is 6.54 Å². The third-order valence-electron chi connectivity index (χ3n) is 7.42. The van der Waals surface area contributed by atoms with E-state index in [0.29, 0.717) is 51.0 Å². The van der Waals surface area contributed by atoms with Crippen LogP contribution < -0.4 is 16.0 Å². The number of morpholine rings is 1. The molecule has 15 nitrogen and oxygen atoms in total. The maximum atomic E-state index is 10.4. The maximum Gasteiger partial charge on any atom is 0.404 e. The molecule has 0 atom stereocenters. The summed E-state index contributed by atoms with van der Waals surface area (Å²) < 4.78 is 18.2. The maximum absolute atomic E-state index is 10.4. The van der Waals surface area contributed by atoms with Gasteiger partial charge in [-0.3, -0.25) is 14.7 Å². The van der Waals surface area contributed by atoms with Crippen LogP contribution >= 0.6 is 0 Å². The summed E-state index contributed by atoms with van der Waals surface area (Å²) in [6.07, 6.45) is 7.05. The number of aryl methyl sites for hydroxylation is 1. The first-order valence-corrected chi connectivity index (χ1v) is 14.3. The molecule has 41 heavy (non-hydrogen) atoms. The fraction of sp³-hybridized carbons (Fsp3) is 0.654. The van der Waals surface area contributed by atoms with Crippen LogP contribution in [0, 0.1) is 6.92 Å². The van der Waals surface area contributed by atoms with Crippen LogP contribution in [0.15, 0.2) is 12.4 Å². The first-order chi connectivity index (χ1) is 20.0. The molecular weight excluding hydrogens is 532 g/mol. The van der Waals surface area contributed by atoms with Crippen molar-refractivity contribution in [3.05, 3.63) is 18.1 Å². The number of amides is 1. The van der Waals surface area contributed by atoms with E-state index in [1.807, 2.05) is 13.1 Å².